The number of amides is 7. The number of carbonyl (C=O) groups excluding carboxylic acids is 16. The second-order valence-electron chi connectivity index (χ2n) is 25.4. The molecule has 10 N–H and O–H groups in total. The van der Waals surface area contributed by atoms with Crippen LogP contribution in [0, 0.1) is 0 Å². The first-order valence-electron chi connectivity index (χ1n) is 35.7. The summed E-state index contributed by atoms with van der Waals surface area (Å²) in [4.78, 5) is 215. The molecule has 15 atom stereocenters. The Morgan fingerprint density at radius 1 is 0.324 bits per heavy atom. The number of rotatable bonds is 50. The largest absolute Gasteiger partial charge is 0.463 e. The van der Waals surface area contributed by atoms with Crippen LogP contribution in [0.2, 0.25) is 0 Å². The normalized spacial score (nSPS) is 23.8. The Hall–Kier alpha value is -8.96. The fourth-order valence-corrected chi connectivity index (χ4v) is 10.9. The van der Waals surface area contributed by atoms with Crippen molar-refractivity contribution in [2.45, 2.75) is 232 Å². The number of esters is 9. The number of hydrogen-bond acceptors (Lipinski definition) is 37. The third kappa shape index (κ3) is 38.7. The molecule has 0 aliphatic carbocycles. The van der Waals surface area contributed by atoms with Gasteiger partial charge in [-0.1, -0.05) is 6.92 Å². The van der Waals surface area contributed by atoms with E-state index in [0.717, 1.165) is 62.3 Å². The van der Waals surface area contributed by atoms with Gasteiger partial charge in [0.25, 0.3) is 0 Å². The fourth-order valence-electron chi connectivity index (χ4n) is 10.9. The highest BCUT2D eigenvalue weighted by atomic mass is 16.8. The van der Waals surface area contributed by atoms with Crippen LogP contribution in [-0.4, -0.2) is 291 Å². The van der Waals surface area contributed by atoms with Crippen molar-refractivity contribution < 1.29 is 162 Å². The predicted molar refractivity (Wildman–Crippen MR) is 370 cm³/mol. The number of ether oxygens (including phenoxy) is 15. The molecule has 0 spiro atoms. The standard InChI is InChI=1S/C67H108N10O34/c1-14-51(90)77-67(33-94-27-18-52(91)68-21-15-24-71-109-64-55(74-36(2)78)61(103-45(11)87)58(100-42(8)84)48(106-64)30-97-39(5)81,34-95-28-19-53(92)69-22-16-25-72-110-65-56(75-37(3)79)62(104-46(12)88)59(101-43(9)85)49(107-65)31-98-40(6)82)35-96-29-20-54(93)70-23-17-26-73-111-66-57(76-38(4)80)63(105-47(13)89)60(102-44(10)86)50(108-66)32-99-41(7)83/h48-50,55-66,71-73H,14-35H2,1-13H3,(H,68,91)(H,69,92)(H,70,93)(H,74,78)(H,75,79)(H,76,80)(H,77,90). The van der Waals surface area contributed by atoms with Gasteiger partial charge < -0.3 is 108 Å². The van der Waals surface area contributed by atoms with E-state index in [2.05, 4.69) is 53.7 Å². The van der Waals surface area contributed by atoms with Crippen LogP contribution < -0.4 is 53.7 Å². The summed E-state index contributed by atoms with van der Waals surface area (Å²) in [5.41, 5.74) is 6.54. The molecule has 44 heteroatoms. The minimum atomic E-state index is -1.48. The Morgan fingerprint density at radius 2 is 0.577 bits per heavy atom. The highest BCUT2D eigenvalue weighted by Gasteiger charge is 2.55. The Bertz CT molecular complexity index is 2780. The van der Waals surface area contributed by atoms with Gasteiger partial charge in [0.05, 0.1) is 39.6 Å². The van der Waals surface area contributed by atoms with Crippen LogP contribution in [0.4, 0.5) is 0 Å². The van der Waals surface area contributed by atoms with Gasteiger partial charge in [-0.2, -0.15) is 16.4 Å². The maximum absolute atomic E-state index is 13.2. The average Bonchev–Trinajstić information content (AvgIpc) is 0.798. The molecule has 0 bridgehead atoms. The minimum absolute atomic E-state index is 0.0167. The van der Waals surface area contributed by atoms with E-state index in [0.29, 0.717) is 0 Å². The summed E-state index contributed by atoms with van der Waals surface area (Å²) >= 11 is 0. The molecule has 44 nitrogen and oxygen atoms in total. The van der Waals surface area contributed by atoms with E-state index in [1.807, 2.05) is 0 Å². The van der Waals surface area contributed by atoms with E-state index in [-0.39, 0.29) is 124 Å². The van der Waals surface area contributed by atoms with E-state index in [4.69, 9.17) is 85.6 Å². The van der Waals surface area contributed by atoms with Crippen molar-refractivity contribution in [3.05, 3.63) is 0 Å². The lowest BCUT2D eigenvalue weighted by molar-refractivity contribution is -0.292. The first kappa shape index (κ1) is 96.2. The lowest BCUT2D eigenvalue weighted by Crippen LogP contribution is -2.67. The average molecular weight is 1600 g/mol. The molecular weight excluding hydrogens is 1490 g/mol. The molecule has 3 rings (SSSR count). The highest BCUT2D eigenvalue weighted by molar-refractivity contribution is 5.78. The quantitative estimate of drug-likeness (QED) is 0.0119. The molecule has 0 aromatic heterocycles. The second-order valence-corrected chi connectivity index (χ2v) is 25.4. The van der Waals surface area contributed by atoms with Gasteiger partial charge >= 0.3 is 53.7 Å². The number of hydrogen-bond donors (Lipinski definition) is 10. The van der Waals surface area contributed by atoms with Crippen molar-refractivity contribution in [2.24, 2.45) is 0 Å². The van der Waals surface area contributed by atoms with Crippen molar-refractivity contribution in [2.75, 3.05) is 98.7 Å². The van der Waals surface area contributed by atoms with Gasteiger partial charge in [0, 0.05) is 148 Å². The summed E-state index contributed by atoms with van der Waals surface area (Å²) in [6, 6.07) is -3.74. The van der Waals surface area contributed by atoms with Gasteiger partial charge in [-0.25, -0.2) is 0 Å². The van der Waals surface area contributed by atoms with Crippen LogP contribution in [0.5, 0.6) is 0 Å². The molecule has 3 aliphatic rings. The summed E-state index contributed by atoms with van der Waals surface area (Å²) in [6.45, 7) is 12.7. The molecule has 111 heavy (non-hydrogen) atoms. The third-order valence-corrected chi connectivity index (χ3v) is 15.4. The summed E-state index contributed by atoms with van der Waals surface area (Å²) in [7, 11) is 0. The van der Waals surface area contributed by atoms with Crippen LogP contribution >= 0.6 is 0 Å². The topological polar surface area (TPSA) is 560 Å². The van der Waals surface area contributed by atoms with E-state index in [1.165, 1.54) is 20.8 Å². The van der Waals surface area contributed by atoms with Crippen molar-refractivity contribution >= 4 is 95.1 Å². The minimum Gasteiger partial charge on any atom is -0.463 e. The predicted octanol–water partition coefficient (Wildman–Crippen LogP) is -4.48. The SMILES string of the molecule is CCC(=O)NC(COCCC(=O)NCCCNOC1OC(COC(C)=O)C(OC(C)=O)C(OC(C)=O)C1NC(C)=O)(COCCC(=O)NCCCNOC1OC(COC(C)=O)C(OC(C)=O)C(OC(C)=O)C1NC(C)=O)COCCC(=O)NCCCNOC1OC(COC(C)=O)C(OC(C)=O)C(OC(C)=O)C1NC(C)=O. The van der Waals surface area contributed by atoms with E-state index in [9.17, 15) is 76.7 Å². The molecule has 0 radical (unpaired) electrons. The Balaban J connectivity index is 1.67. The van der Waals surface area contributed by atoms with Crippen LogP contribution in [0.1, 0.15) is 135 Å². The third-order valence-electron chi connectivity index (χ3n) is 15.4. The first-order chi connectivity index (χ1) is 52.5. The second kappa shape index (κ2) is 51.6. The lowest BCUT2D eigenvalue weighted by atomic mass is 9.96. The van der Waals surface area contributed by atoms with Crippen LogP contribution in [-0.2, 0) is 162 Å². The molecule has 3 heterocycles. The highest BCUT2D eigenvalue weighted by Crippen LogP contribution is 2.31. The van der Waals surface area contributed by atoms with Gasteiger partial charge in [-0.05, 0) is 19.3 Å². The number of carbonyl (C=O) groups is 16. The van der Waals surface area contributed by atoms with Crippen molar-refractivity contribution in [1.82, 2.24) is 53.7 Å². The maximum Gasteiger partial charge on any atom is 0.303 e. The molecule has 3 aliphatic heterocycles. The monoisotopic (exact) mass is 1600 g/mol. The molecule has 630 valence electrons. The van der Waals surface area contributed by atoms with Gasteiger partial charge in [0.15, 0.2) is 36.6 Å². The Labute approximate surface area is 640 Å². The fraction of sp³-hybridized carbons (Fsp3) is 0.761. The van der Waals surface area contributed by atoms with Crippen molar-refractivity contribution in [3.8, 4) is 0 Å². The molecule has 0 saturated carbocycles. The van der Waals surface area contributed by atoms with Crippen LogP contribution in [0.25, 0.3) is 0 Å². The van der Waals surface area contributed by atoms with E-state index < -0.39 is 212 Å². The summed E-state index contributed by atoms with van der Waals surface area (Å²) < 4.78 is 83.9. The summed E-state index contributed by atoms with van der Waals surface area (Å²) in [6.07, 6.45) is -15.9. The molecule has 15 unspecified atom stereocenters. The first-order valence-corrected chi connectivity index (χ1v) is 35.7. The van der Waals surface area contributed by atoms with Crippen LogP contribution in [0.15, 0.2) is 0 Å². The maximum atomic E-state index is 13.2. The van der Waals surface area contributed by atoms with Crippen molar-refractivity contribution in [3.63, 3.8) is 0 Å². The lowest BCUT2D eigenvalue weighted by Gasteiger charge is -2.44. The van der Waals surface area contributed by atoms with E-state index in [1.54, 1.807) is 6.92 Å². The Morgan fingerprint density at radius 3 is 0.802 bits per heavy atom. The number of hydroxylamine groups is 3. The molecule has 7 amide bonds. The Kier molecular flexibility index (Phi) is 44.7. The van der Waals surface area contributed by atoms with Crippen LogP contribution in [0.3, 0.4) is 0 Å². The smallest absolute Gasteiger partial charge is 0.303 e. The van der Waals surface area contributed by atoms with E-state index >= 15 is 0 Å². The zero-order valence-corrected chi connectivity index (χ0v) is 64.6. The van der Waals surface area contributed by atoms with Crippen molar-refractivity contribution in [1.29, 1.82) is 0 Å². The molecule has 0 aromatic carbocycles. The zero-order chi connectivity index (χ0) is 82.8. The molecular formula is C67H108N10O34. The van der Waals surface area contributed by atoms with Gasteiger partial charge in [-0.15, -0.1) is 0 Å². The molecule has 0 aromatic rings. The summed E-state index contributed by atoms with van der Waals surface area (Å²) in [5, 5.41) is 18.8. The van der Waals surface area contributed by atoms with Gasteiger partial charge in [-0.3, -0.25) is 91.2 Å². The van der Waals surface area contributed by atoms with Gasteiger partial charge in [0.2, 0.25) is 60.2 Å². The molecule has 3 saturated heterocycles. The summed E-state index contributed by atoms with van der Waals surface area (Å²) in [5.74, 6) is -10.5. The number of nitrogens with one attached hydrogen (secondary N) is 10. The van der Waals surface area contributed by atoms with Gasteiger partial charge in [0.1, 0.15) is 61.8 Å². The zero-order valence-electron chi connectivity index (χ0n) is 64.6. The molecule has 3 fully saturated rings.